The molecule has 23 heavy (non-hydrogen) atoms. The summed E-state index contributed by atoms with van der Waals surface area (Å²) in [6.45, 7) is 0. The number of methoxy groups -OCH3 is 1. The van der Waals surface area contributed by atoms with Gasteiger partial charge in [0.25, 0.3) is 0 Å². The Kier molecular flexibility index (Phi) is 4.65. The zero-order valence-electron chi connectivity index (χ0n) is 11.6. The van der Waals surface area contributed by atoms with Crippen molar-refractivity contribution in [2.45, 2.75) is 6.18 Å². The highest BCUT2D eigenvalue weighted by atomic mass is 35.5. The van der Waals surface area contributed by atoms with Gasteiger partial charge in [-0.1, -0.05) is 11.6 Å². The molecular formula is C14H9ClF3NO4. The maximum atomic E-state index is 12.6. The van der Waals surface area contributed by atoms with Crippen molar-refractivity contribution in [2.24, 2.45) is 0 Å². The summed E-state index contributed by atoms with van der Waals surface area (Å²) in [6.07, 6.45) is -4.52. The summed E-state index contributed by atoms with van der Waals surface area (Å²) >= 11 is 5.78. The molecule has 2 aromatic carbocycles. The third kappa shape index (κ3) is 3.84. The number of nitro benzene ring substituents is 1. The van der Waals surface area contributed by atoms with E-state index in [0.717, 1.165) is 24.3 Å². The molecule has 0 aliphatic heterocycles. The lowest BCUT2D eigenvalue weighted by Gasteiger charge is -2.11. The predicted molar refractivity (Wildman–Crippen MR) is 76.2 cm³/mol. The molecule has 0 atom stereocenters. The van der Waals surface area contributed by atoms with Gasteiger partial charge in [-0.15, -0.1) is 0 Å². The lowest BCUT2D eigenvalue weighted by atomic mass is 10.2. The normalized spacial score (nSPS) is 11.2. The number of rotatable bonds is 4. The maximum absolute atomic E-state index is 12.6. The molecule has 0 aliphatic rings. The van der Waals surface area contributed by atoms with Crippen molar-refractivity contribution in [3.05, 3.63) is 57.1 Å². The highest BCUT2D eigenvalue weighted by molar-refractivity contribution is 6.32. The van der Waals surface area contributed by atoms with Crippen LogP contribution in [-0.4, -0.2) is 12.0 Å². The van der Waals surface area contributed by atoms with Gasteiger partial charge in [-0.3, -0.25) is 10.1 Å². The van der Waals surface area contributed by atoms with Crippen LogP contribution in [0.15, 0.2) is 36.4 Å². The molecule has 0 fully saturated rings. The molecule has 0 spiro atoms. The van der Waals surface area contributed by atoms with Gasteiger partial charge in [0.05, 0.1) is 22.6 Å². The van der Waals surface area contributed by atoms with Crippen molar-refractivity contribution in [3.63, 3.8) is 0 Å². The van der Waals surface area contributed by atoms with Crippen molar-refractivity contribution >= 4 is 17.3 Å². The third-order valence-electron chi connectivity index (χ3n) is 2.83. The van der Waals surface area contributed by atoms with Gasteiger partial charge in [0.15, 0.2) is 0 Å². The second-order valence-corrected chi connectivity index (χ2v) is 4.74. The number of alkyl halides is 3. The number of hydrogen-bond donors (Lipinski definition) is 0. The van der Waals surface area contributed by atoms with E-state index in [4.69, 9.17) is 21.1 Å². The molecule has 0 saturated carbocycles. The van der Waals surface area contributed by atoms with Crippen molar-refractivity contribution in [2.75, 3.05) is 7.11 Å². The predicted octanol–water partition coefficient (Wildman–Crippen LogP) is 5.07. The minimum absolute atomic E-state index is 0.0180. The second-order valence-electron chi connectivity index (χ2n) is 4.34. The monoisotopic (exact) mass is 347 g/mol. The average Bonchev–Trinajstić information content (AvgIpc) is 2.47. The van der Waals surface area contributed by atoms with E-state index in [9.17, 15) is 23.3 Å². The second kappa shape index (κ2) is 6.33. The molecule has 0 saturated heterocycles. The molecule has 0 heterocycles. The molecule has 9 heteroatoms. The number of nitro groups is 1. The summed E-state index contributed by atoms with van der Waals surface area (Å²) in [4.78, 5) is 10.2. The van der Waals surface area contributed by atoms with Crippen LogP contribution >= 0.6 is 11.6 Å². The Balaban J connectivity index is 2.31. The van der Waals surface area contributed by atoms with Crippen LogP contribution in [0, 0.1) is 10.1 Å². The summed E-state index contributed by atoms with van der Waals surface area (Å²) in [5, 5.41) is 10.6. The fourth-order valence-corrected chi connectivity index (χ4v) is 1.98. The van der Waals surface area contributed by atoms with E-state index in [-0.39, 0.29) is 28.0 Å². The SMILES string of the molecule is COc1cc(Oc2ccc(C(F)(F)F)cc2Cl)ccc1[N+](=O)[O-]. The summed E-state index contributed by atoms with van der Waals surface area (Å²) < 4.78 is 47.9. The van der Waals surface area contributed by atoms with Crippen LogP contribution in [-0.2, 0) is 6.18 Å². The molecule has 0 amide bonds. The molecule has 0 unspecified atom stereocenters. The molecule has 0 bridgehead atoms. The topological polar surface area (TPSA) is 61.6 Å². The van der Waals surface area contributed by atoms with Gasteiger partial charge in [-0.05, 0) is 24.3 Å². The Morgan fingerprint density at radius 3 is 2.35 bits per heavy atom. The average molecular weight is 348 g/mol. The number of nitrogens with zero attached hydrogens (tertiary/aromatic N) is 1. The minimum Gasteiger partial charge on any atom is -0.490 e. The molecule has 0 radical (unpaired) electrons. The lowest BCUT2D eigenvalue weighted by Crippen LogP contribution is -2.04. The fraction of sp³-hybridized carbons (Fsp3) is 0.143. The molecule has 0 aliphatic carbocycles. The number of benzene rings is 2. The van der Waals surface area contributed by atoms with Crippen LogP contribution in [0.25, 0.3) is 0 Å². The fourth-order valence-electron chi connectivity index (χ4n) is 1.76. The van der Waals surface area contributed by atoms with Gasteiger partial charge in [-0.2, -0.15) is 13.2 Å². The zero-order valence-corrected chi connectivity index (χ0v) is 12.3. The Morgan fingerprint density at radius 2 is 1.83 bits per heavy atom. The van der Waals surface area contributed by atoms with E-state index in [0.29, 0.717) is 0 Å². The first-order valence-electron chi connectivity index (χ1n) is 6.09. The minimum atomic E-state index is -4.52. The third-order valence-corrected chi connectivity index (χ3v) is 3.13. The van der Waals surface area contributed by atoms with E-state index >= 15 is 0 Å². The van der Waals surface area contributed by atoms with Crippen LogP contribution in [0.3, 0.4) is 0 Å². The van der Waals surface area contributed by atoms with Crippen molar-refractivity contribution in [1.29, 1.82) is 0 Å². The first-order chi connectivity index (χ1) is 10.7. The van der Waals surface area contributed by atoms with Crippen LogP contribution in [0.1, 0.15) is 5.56 Å². The standard InChI is InChI=1S/C14H9ClF3NO4/c1-22-13-7-9(3-4-11(13)19(20)21)23-12-5-2-8(6-10(12)15)14(16,17)18/h2-7H,1H3. The summed E-state index contributed by atoms with van der Waals surface area (Å²) in [7, 11) is 1.25. The van der Waals surface area contributed by atoms with Crippen LogP contribution in [0.5, 0.6) is 17.2 Å². The Labute approximate surface area is 133 Å². The highest BCUT2D eigenvalue weighted by Gasteiger charge is 2.31. The van der Waals surface area contributed by atoms with E-state index in [2.05, 4.69) is 0 Å². The van der Waals surface area contributed by atoms with E-state index in [1.54, 1.807) is 0 Å². The Hall–Kier alpha value is -2.48. The quantitative estimate of drug-likeness (QED) is 0.572. The van der Waals surface area contributed by atoms with Crippen molar-refractivity contribution in [1.82, 2.24) is 0 Å². The molecule has 2 rings (SSSR count). The van der Waals surface area contributed by atoms with Crippen molar-refractivity contribution < 1.29 is 27.6 Å². The molecule has 2 aromatic rings. The Morgan fingerprint density at radius 1 is 1.13 bits per heavy atom. The van der Waals surface area contributed by atoms with Crippen LogP contribution in [0.4, 0.5) is 18.9 Å². The smallest absolute Gasteiger partial charge is 0.416 e. The summed E-state index contributed by atoms with van der Waals surface area (Å²) in [6, 6.07) is 6.31. The summed E-state index contributed by atoms with van der Waals surface area (Å²) in [5.74, 6) is 0.0696. The zero-order chi connectivity index (χ0) is 17.2. The molecule has 5 nitrogen and oxygen atoms in total. The number of halogens is 4. The van der Waals surface area contributed by atoms with E-state index in [1.807, 2.05) is 0 Å². The first-order valence-corrected chi connectivity index (χ1v) is 6.47. The molecular weight excluding hydrogens is 339 g/mol. The largest absolute Gasteiger partial charge is 0.490 e. The van der Waals surface area contributed by atoms with Crippen molar-refractivity contribution in [3.8, 4) is 17.2 Å². The highest BCUT2D eigenvalue weighted by Crippen LogP contribution is 2.38. The van der Waals surface area contributed by atoms with Gasteiger partial charge in [0.2, 0.25) is 5.75 Å². The molecule has 122 valence electrons. The first kappa shape index (κ1) is 16.9. The molecule has 0 aromatic heterocycles. The molecule has 0 N–H and O–H groups in total. The van der Waals surface area contributed by atoms with Gasteiger partial charge in [-0.25, -0.2) is 0 Å². The van der Waals surface area contributed by atoms with Gasteiger partial charge < -0.3 is 9.47 Å². The van der Waals surface area contributed by atoms with Crippen LogP contribution < -0.4 is 9.47 Å². The van der Waals surface area contributed by atoms with Crippen LogP contribution in [0.2, 0.25) is 5.02 Å². The maximum Gasteiger partial charge on any atom is 0.416 e. The Bertz CT molecular complexity index is 749. The number of ether oxygens (including phenoxy) is 2. The van der Waals surface area contributed by atoms with E-state index < -0.39 is 16.7 Å². The van der Waals surface area contributed by atoms with Gasteiger partial charge >= 0.3 is 11.9 Å². The lowest BCUT2D eigenvalue weighted by molar-refractivity contribution is -0.385. The van der Waals surface area contributed by atoms with E-state index in [1.165, 1.54) is 19.2 Å². The number of hydrogen-bond acceptors (Lipinski definition) is 4. The summed E-state index contributed by atoms with van der Waals surface area (Å²) in [5.41, 5.74) is -1.17. The van der Waals surface area contributed by atoms with Gasteiger partial charge in [0.1, 0.15) is 11.5 Å². The van der Waals surface area contributed by atoms with Gasteiger partial charge in [0, 0.05) is 12.1 Å².